The van der Waals surface area contributed by atoms with Crippen molar-refractivity contribution in [1.29, 1.82) is 0 Å². The third-order valence-corrected chi connectivity index (χ3v) is 5.37. The van der Waals surface area contributed by atoms with Crippen LogP contribution in [-0.4, -0.2) is 18.1 Å². The molecule has 1 aromatic heterocycles. The number of pyridine rings is 1. The zero-order valence-corrected chi connectivity index (χ0v) is 16.9. The number of fused-ring (bicyclic) bond motifs is 1. The van der Waals surface area contributed by atoms with Crippen LogP contribution in [0.15, 0.2) is 48.7 Å². The largest absolute Gasteiger partial charge is 0.371 e. The van der Waals surface area contributed by atoms with Crippen molar-refractivity contribution in [2.75, 3.05) is 18.0 Å². The Morgan fingerprint density at radius 2 is 1.63 bits per heavy atom. The van der Waals surface area contributed by atoms with Gasteiger partial charge in [0.05, 0.1) is 5.69 Å². The molecule has 0 unspecified atom stereocenters. The smallest absolute Gasteiger partial charge is 0.0650 e. The van der Waals surface area contributed by atoms with Gasteiger partial charge in [0.2, 0.25) is 0 Å². The summed E-state index contributed by atoms with van der Waals surface area (Å²) < 4.78 is 0. The maximum atomic E-state index is 4.64. The molecule has 1 aliphatic rings. The molecular weight excluding hydrogens is 352 g/mol. The summed E-state index contributed by atoms with van der Waals surface area (Å²) in [6.07, 6.45) is 10.3. The van der Waals surface area contributed by atoms with Crippen LogP contribution in [0.5, 0.6) is 0 Å². The fraction of sp³-hybridized carbons (Fsp3) is 0.292. The van der Waals surface area contributed by atoms with Crippen LogP contribution in [0.2, 0.25) is 0 Å². The van der Waals surface area contributed by atoms with Gasteiger partial charge in [-0.05, 0) is 72.7 Å². The molecule has 2 aromatic carbocycles. The van der Waals surface area contributed by atoms with E-state index in [0.29, 0.717) is 0 Å². The fourth-order valence-electron chi connectivity index (χ4n) is 3.97. The van der Waals surface area contributed by atoms with Crippen LogP contribution in [0, 0.1) is 13.8 Å². The molecule has 0 amide bonds. The maximum absolute atomic E-state index is 4.64. The second-order valence-electron chi connectivity index (χ2n) is 7.30. The monoisotopic (exact) mass is 378 g/mol. The minimum absolute atomic E-state index is 0. The molecule has 0 atom stereocenters. The van der Waals surface area contributed by atoms with Crippen molar-refractivity contribution in [3.8, 4) is 0 Å². The second-order valence-corrected chi connectivity index (χ2v) is 7.30. The third kappa shape index (κ3) is 4.17. The first kappa shape index (κ1) is 19.4. The van der Waals surface area contributed by atoms with Gasteiger partial charge >= 0.3 is 0 Å². The van der Waals surface area contributed by atoms with E-state index in [1.54, 1.807) is 0 Å². The lowest BCUT2D eigenvalue weighted by atomic mass is 9.99. The Bertz CT molecular complexity index is 951. The van der Waals surface area contributed by atoms with Crippen molar-refractivity contribution in [3.63, 3.8) is 0 Å². The molecule has 140 valence electrons. The number of piperidine rings is 1. The minimum Gasteiger partial charge on any atom is -0.371 e. The summed E-state index contributed by atoms with van der Waals surface area (Å²) in [7, 11) is 0. The fourth-order valence-corrected chi connectivity index (χ4v) is 3.97. The van der Waals surface area contributed by atoms with Crippen molar-refractivity contribution < 1.29 is 0 Å². The average molecular weight is 379 g/mol. The van der Waals surface area contributed by atoms with Gasteiger partial charge in [0.25, 0.3) is 0 Å². The van der Waals surface area contributed by atoms with Crippen molar-refractivity contribution in [3.05, 3.63) is 71.0 Å². The number of aryl methyl sites for hydroxylation is 2. The molecule has 3 aromatic rings. The molecule has 0 bridgehead atoms. The standard InChI is InChI=1S/C24H26N2.ClH/c1-18-8-6-9-20-10-7-11-21(24(18)20)12-13-22-16-23(19(2)17-25-22)26-14-4-3-5-15-26;/h6-13,16-17H,3-5,14-15H2,1-2H3;1H/b13-12+;. The highest BCUT2D eigenvalue weighted by Gasteiger charge is 2.13. The van der Waals surface area contributed by atoms with Crippen molar-refractivity contribution in [2.24, 2.45) is 0 Å². The van der Waals surface area contributed by atoms with Crippen LogP contribution < -0.4 is 4.90 Å². The van der Waals surface area contributed by atoms with E-state index in [1.165, 1.54) is 52.4 Å². The Balaban J connectivity index is 0.00000210. The number of hydrogen-bond donors (Lipinski definition) is 0. The van der Waals surface area contributed by atoms with E-state index >= 15 is 0 Å². The lowest BCUT2D eigenvalue weighted by molar-refractivity contribution is 0.577. The molecule has 0 radical (unpaired) electrons. The van der Waals surface area contributed by atoms with Gasteiger partial charge in [-0.15, -0.1) is 12.4 Å². The first-order chi connectivity index (χ1) is 12.7. The van der Waals surface area contributed by atoms with Crippen molar-refractivity contribution in [2.45, 2.75) is 33.1 Å². The Kier molecular flexibility index (Phi) is 6.18. The molecule has 1 saturated heterocycles. The van der Waals surface area contributed by atoms with Crippen LogP contribution >= 0.6 is 12.4 Å². The average Bonchev–Trinajstić information content (AvgIpc) is 2.68. The van der Waals surface area contributed by atoms with Crippen molar-refractivity contribution >= 4 is 41.0 Å². The van der Waals surface area contributed by atoms with Crippen LogP contribution in [-0.2, 0) is 0 Å². The lowest BCUT2D eigenvalue weighted by Crippen LogP contribution is -2.30. The predicted octanol–water partition coefficient (Wildman–Crippen LogP) is 6.43. The molecule has 1 fully saturated rings. The highest BCUT2D eigenvalue weighted by molar-refractivity contribution is 5.95. The summed E-state index contributed by atoms with van der Waals surface area (Å²) in [5, 5.41) is 2.62. The Hall–Kier alpha value is -2.32. The Labute approximate surface area is 168 Å². The molecule has 0 aliphatic carbocycles. The van der Waals surface area contributed by atoms with Crippen LogP contribution in [0.4, 0.5) is 5.69 Å². The van der Waals surface area contributed by atoms with Gasteiger partial charge in [-0.2, -0.15) is 0 Å². The molecule has 0 saturated carbocycles. The second kappa shape index (κ2) is 8.58. The Morgan fingerprint density at radius 3 is 2.41 bits per heavy atom. The Morgan fingerprint density at radius 1 is 0.889 bits per heavy atom. The number of benzene rings is 2. The van der Waals surface area contributed by atoms with E-state index in [-0.39, 0.29) is 12.4 Å². The molecule has 1 aliphatic heterocycles. The van der Waals surface area contributed by atoms with Gasteiger partial charge < -0.3 is 4.90 Å². The van der Waals surface area contributed by atoms with E-state index in [0.717, 1.165) is 18.8 Å². The number of anilines is 1. The highest BCUT2D eigenvalue weighted by Crippen LogP contribution is 2.26. The zero-order chi connectivity index (χ0) is 17.9. The minimum atomic E-state index is 0. The summed E-state index contributed by atoms with van der Waals surface area (Å²) in [5.41, 5.74) is 6.20. The van der Waals surface area contributed by atoms with E-state index in [2.05, 4.69) is 78.3 Å². The summed E-state index contributed by atoms with van der Waals surface area (Å²) >= 11 is 0. The molecular formula is C24H27ClN2. The van der Waals surface area contributed by atoms with Crippen LogP contribution in [0.1, 0.15) is 41.6 Å². The van der Waals surface area contributed by atoms with Gasteiger partial charge in [-0.25, -0.2) is 0 Å². The summed E-state index contributed by atoms with van der Waals surface area (Å²) in [6, 6.07) is 15.2. The number of nitrogens with zero attached hydrogens (tertiary/aromatic N) is 2. The van der Waals surface area contributed by atoms with Gasteiger partial charge in [-0.3, -0.25) is 4.98 Å². The molecule has 27 heavy (non-hydrogen) atoms. The van der Waals surface area contributed by atoms with E-state index < -0.39 is 0 Å². The molecule has 3 heteroatoms. The zero-order valence-electron chi connectivity index (χ0n) is 16.1. The maximum Gasteiger partial charge on any atom is 0.0650 e. The first-order valence-electron chi connectivity index (χ1n) is 9.60. The summed E-state index contributed by atoms with van der Waals surface area (Å²) in [4.78, 5) is 7.15. The number of hydrogen-bond acceptors (Lipinski definition) is 2. The topological polar surface area (TPSA) is 16.1 Å². The van der Waals surface area contributed by atoms with E-state index in [4.69, 9.17) is 0 Å². The molecule has 2 nitrogen and oxygen atoms in total. The van der Waals surface area contributed by atoms with E-state index in [1.807, 2.05) is 6.20 Å². The number of halogens is 1. The van der Waals surface area contributed by atoms with Gasteiger partial charge in [0.15, 0.2) is 0 Å². The summed E-state index contributed by atoms with van der Waals surface area (Å²) in [5.74, 6) is 0. The highest BCUT2D eigenvalue weighted by atomic mass is 35.5. The van der Waals surface area contributed by atoms with Gasteiger partial charge in [0, 0.05) is 25.0 Å². The molecule has 2 heterocycles. The number of aromatic nitrogens is 1. The van der Waals surface area contributed by atoms with Crippen LogP contribution in [0.25, 0.3) is 22.9 Å². The number of rotatable bonds is 3. The molecule has 0 N–H and O–H groups in total. The molecule has 4 rings (SSSR count). The third-order valence-electron chi connectivity index (χ3n) is 5.37. The van der Waals surface area contributed by atoms with Gasteiger partial charge in [-0.1, -0.05) is 42.5 Å². The molecule has 0 spiro atoms. The first-order valence-corrected chi connectivity index (χ1v) is 9.60. The summed E-state index contributed by atoms with van der Waals surface area (Å²) in [6.45, 7) is 6.67. The lowest BCUT2D eigenvalue weighted by Gasteiger charge is -2.30. The normalized spacial score (nSPS) is 14.5. The van der Waals surface area contributed by atoms with E-state index in [9.17, 15) is 0 Å². The van der Waals surface area contributed by atoms with Crippen molar-refractivity contribution in [1.82, 2.24) is 4.98 Å². The van der Waals surface area contributed by atoms with Gasteiger partial charge in [0.1, 0.15) is 0 Å². The SMILES string of the molecule is Cc1cnc(/C=C/c2cccc3cccc(C)c23)cc1N1CCCCC1.Cl. The predicted molar refractivity (Wildman–Crippen MR) is 120 cm³/mol. The van der Waals surface area contributed by atoms with Crippen LogP contribution in [0.3, 0.4) is 0 Å². The quantitative estimate of drug-likeness (QED) is 0.521.